The van der Waals surface area contributed by atoms with Crippen molar-refractivity contribution < 1.29 is 29.4 Å². The maximum Gasteiger partial charge on any atom is 0.326 e. The summed E-state index contributed by atoms with van der Waals surface area (Å²) in [5.74, 6) is -3.58. The molecule has 10 nitrogen and oxygen atoms in total. The van der Waals surface area contributed by atoms with Gasteiger partial charge in [-0.2, -0.15) is 0 Å². The number of nitrogens with one attached hydrogen (secondary N) is 3. The Balaban J connectivity index is 5.52. The molecule has 0 aromatic carbocycles. The van der Waals surface area contributed by atoms with Gasteiger partial charge in [0, 0.05) is 0 Å². The predicted molar refractivity (Wildman–Crippen MR) is 121 cm³/mol. The van der Waals surface area contributed by atoms with Gasteiger partial charge < -0.3 is 31.9 Å². The van der Waals surface area contributed by atoms with Crippen LogP contribution in [0.4, 0.5) is 0 Å². The molecule has 0 aromatic heterocycles. The third-order valence-electron chi connectivity index (χ3n) is 5.69. The number of nitrogens with two attached hydrogens (primary N) is 1. The molecule has 0 heterocycles. The second kappa shape index (κ2) is 14.1. The Morgan fingerprint density at radius 2 is 1.16 bits per heavy atom. The average molecular weight is 459 g/mol. The molecule has 32 heavy (non-hydrogen) atoms. The van der Waals surface area contributed by atoms with Crippen molar-refractivity contribution >= 4 is 23.7 Å². The number of hydrogen-bond acceptors (Lipinski definition) is 6. The van der Waals surface area contributed by atoms with E-state index in [2.05, 4.69) is 16.0 Å². The van der Waals surface area contributed by atoms with Crippen molar-refractivity contribution in [3.63, 3.8) is 0 Å². The van der Waals surface area contributed by atoms with E-state index in [0.717, 1.165) is 0 Å². The van der Waals surface area contributed by atoms with Crippen molar-refractivity contribution in [3.8, 4) is 0 Å². The van der Waals surface area contributed by atoms with E-state index in [1.807, 2.05) is 27.7 Å². The molecule has 0 aliphatic carbocycles. The lowest BCUT2D eigenvalue weighted by Gasteiger charge is -2.30. The van der Waals surface area contributed by atoms with Crippen LogP contribution in [-0.4, -0.2) is 64.2 Å². The third-order valence-corrected chi connectivity index (χ3v) is 5.69. The fourth-order valence-corrected chi connectivity index (χ4v) is 3.15. The summed E-state index contributed by atoms with van der Waals surface area (Å²) in [4.78, 5) is 49.7. The van der Waals surface area contributed by atoms with Gasteiger partial charge in [-0.15, -0.1) is 0 Å². The molecule has 0 spiro atoms. The first-order chi connectivity index (χ1) is 14.8. The molecule has 3 amide bonds. The highest BCUT2D eigenvalue weighted by Gasteiger charge is 2.35. The van der Waals surface area contributed by atoms with Crippen molar-refractivity contribution in [1.29, 1.82) is 0 Å². The van der Waals surface area contributed by atoms with Gasteiger partial charge >= 0.3 is 5.97 Å². The van der Waals surface area contributed by atoms with E-state index in [1.165, 1.54) is 6.92 Å². The fraction of sp³-hybridized carbons (Fsp3) is 0.818. The number of aliphatic hydroxyl groups excluding tert-OH is 1. The van der Waals surface area contributed by atoms with Gasteiger partial charge in [0.1, 0.15) is 18.1 Å². The largest absolute Gasteiger partial charge is 0.480 e. The lowest BCUT2D eigenvalue weighted by Crippen LogP contribution is -2.61. The minimum absolute atomic E-state index is 0.167. The first-order valence-electron chi connectivity index (χ1n) is 11.3. The van der Waals surface area contributed by atoms with Gasteiger partial charge in [-0.05, 0) is 31.1 Å². The Labute approximate surface area is 191 Å². The van der Waals surface area contributed by atoms with Gasteiger partial charge in [0.2, 0.25) is 17.7 Å². The smallest absolute Gasteiger partial charge is 0.326 e. The van der Waals surface area contributed by atoms with Gasteiger partial charge in [-0.1, -0.05) is 54.4 Å². The van der Waals surface area contributed by atoms with Crippen LogP contribution in [0.25, 0.3) is 0 Å². The summed E-state index contributed by atoms with van der Waals surface area (Å²) >= 11 is 0. The number of carbonyl (C=O) groups is 4. The van der Waals surface area contributed by atoms with Crippen LogP contribution in [-0.2, 0) is 19.2 Å². The fourth-order valence-electron chi connectivity index (χ4n) is 3.15. The lowest BCUT2D eigenvalue weighted by molar-refractivity contribution is -0.144. The summed E-state index contributed by atoms with van der Waals surface area (Å²) in [6.45, 7) is 12.3. The van der Waals surface area contributed by atoms with Gasteiger partial charge in [-0.3, -0.25) is 14.4 Å². The molecule has 0 aromatic rings. The molecule has 186 valence electrons. The normalized spacial score (nSPS) is 17.9. The van der Waals surface area contributed by atoms with Crippen LogP contribution in [0, 0.1) is 17.8 Å². The molecule has 0 saturated heterocycles. The molecular weight excluding hydrogens is 416 g/mol. The van der Waals surface area contributed by atoms with E-state index in [-0.39, 0.29) is 17.8 Å². The quantitative estimate of drug-likeness (QED) is 0.218. The van der Waals surface area contributed by atoms with Crippen LogP contribution in [0.15, 0.2) is 0 Å². The SMILES string of the molecule is CCC(C)C(NC(=O)C(NC(=O)C(NC(=O)C(N)CC(C)C)C(C)O)C(C)CC)C(=O)O. The Kier molecular flexibility index (Phi) is 13.1. The number of carboxylic acids is 1. The van der Waals surface area contributed by atoms with E-state index < -0.39 is 54.0 Å². The zero-order chi connectivity index (χ0) is 25.2. The van der Waals surface area contributed by atoms with E-state index in [4.69, 9.17) is 5.73 Å². The summed E-state index contributed by atoms with van der Waals surface area (Å²) in [5.41, 5.74) is 5.87. The molecule has 7 atom stereocenters. The first-order valence-corrected chi connectivity index (χ1v) is 11.3. The highest BCUT2D eigenvalue weighted by atomic mass is 16.4. The van der Waals surface area contributed by atoms with Gasteiger partial charge in [0.15, 0.2) is 0 Å². The zero-order valence-corrected chi connectivity index (χ0v) is 20.3. The molecule has 0 rings (SSSR count). The molecule has 0 fully saturated rings. The maximum atomic E-state index is 12.9. The van der Waals surface area contributed by atoms with Crippen molar-refractivity contribution in [2.24, 2.45) is 23.5 Å². The molecule has 0 aliphatic rings. The molecule has 0 bridgehead atoms. The summed E-state index contributed by atoms with van der Waals surface area (Å²) in [6.07, 6.45) is 0.247. The van der Waals surface area contributed by atoms with E-state index in [9.17, 15) is 29.4 Å². The Morgan fingerprint density at radius 1 is 0.750 bits per heavy atom. The highest BCUT2D eigenvalue weighted by Crippen LogP contribution is 2.13. The molecule has 7 unspecified atom stereocenters. The second-order valence-electron chi connectivity index (χ2n) is 9.04. The second-order valence-corrected chi connectivity index (χ2v) is 9.04. The minimum Gasteiger partial charge on any atom is -0.480 e. The molecule has 7 N–H and O–H groups in total. The van der Waals surface area contributed by atoms with Gasteiger partial charge in [-0.25, -0.2) is 4.79 Å². The van der Waals surface area contributed by atoms with Crippen molar-refractivity contribution in [1.82, 2.24) is 16.0 Å². The van der Waals surface area contributed by atoms with Crippen LogP contribution >= 0.6 is 0 Å². The van der Waals surface area contributed by atoms with E-state index in [1.54, 1.807) is 13.8 Å². The molecule has 0 saturated carbocycles. The van der Waals surface area contributed by atoms with E-state index in [0.29, 0.717) is 19.3 Å². The van der Waals surface area contributed by atoms with Gasteiger partial charge in [0.05, 0.1) is 12.1 Å². The monoisotopic (exact) mass is 458 g/mol. The summed E-state index contributed by atoms with van der Waals surface area (Å²) in [5, 5.41) is 27.1. The number of rotatable bonds is 14. The van der Waals surface area contributed by atoms with Crippen LogP contribution in [0.1, 0.15) is 67.7 Å². The third kappa shape index (κ3) is 9.52. The zero-order valence-electron chi connectivity index (χ0n) is 20.3. The number of aliphatic hydroxyl groups is 1. The van der Waals surface area contributed by atoms with E-state index >= 15 is 0 Å². The standard InChI is InChI=1S/C22H42N4O6/c1-8-12(5)16(20(29)25-17(22(31)32)13(6)9-2)24-21(30)18(14(7)27)26-19(28)15(23)10-11(3)4/h11-18,27H,8-10,23H2,1-7H3,(H,24,30)(H,25,29)(H,26,28)(H,31,32). The summed E-state index contributed by atoms with van der Waals surface area (Å²) in [6, 6.07) is -4.30. The lowest BCUT2D eigenvalue weighted by atomic mass is 9.95. The predicted octanol–water partition coefficient (Wildman–Crippen LogP) is 0.372. The molecule has 10 heteroatoms. The van der Waals surface area contributed by atoms with Crippen LogP contribution in [0.5, 0.6) is 0 Å². The summed E-state index contributed by atoms with van der Waals surface area (Å²) in [7, 11) is 0. The number of hydrogen-bond donors (Lipinski definition) is 6. The summed E-state index contributed by atoms with van der Waals surface area (Å²) < 4.78 is 0. The van der Waals surface area contributed by atoms with Crippen molar-refractivity contribution in [3.05, 3.63) is 0 Å². The number of carbonyl (C=O) groups excluding carboxylic acids is 3. The first kappa shape index (κ1) is 29.8. The van der Waals surface area contributed by atoms with Crippen LogP contribution in [0.3, 0.4) is 0 Å². The van der Waals surface area contributed by atoms with Crippen molar-refractivity contribution in [2.45, 2.75) is 98.0 Å². The molecular formula is C22H42N4O6. The minimum atomic E-state index is -1.31. The Morgan fingerprint density at radius 3 is 1.56 bits per heavy atom. The number of aliphatic carboxylic acids is 1. The highest BCUT2D eigenvalue weighted by molar-refractivity contribution is 5.94. The topological polar surface area (TPSA) is 171 Å². The van der Waals surface area contributed by atoms with Crippen LogP contribution < -0.4 is 21.7 Å². The van der Waals surface area contributed by atoms with Gasteiger partial charge in [0.25, 0.3) is 0 Å². The molecule has 0 radical (unpaired) electrons. The molecule has 0 aliphatic heterocycles. The van der Waals surface area contributed by atoms with Crippen LogP contribution in [0.2, 0.25) is 0 Å². The van der Waals surface area contributed by atoms with Crippen molar-refractivity contribution in [2.75, 3.05) is 0 Å². The maximum absolute atomic E-state index is 12.9. The number of amides is 3. The number of carboxylic acid groups (broad SMARTS) is 1. The Bertz CT molecular complexity index is 640. The Hall–Kier alpha value is -2.20. The average Bonchev–Trinajstić information content (AvgIpc) is 2.71.